The first kappa shape index (κ1) is 7.78. The van der Waals surface area contributed by atoms with E-state index in [4.69, 9.17) is 5.11 Å². The second kappa shape index (κ2) is 2.94. The zero-order valence-electron chi connectivity index (χ0n) is 4.81. The Bertz CT molecular complexity index is 59.1. The van der Waals surface area contributed by atoms with Gasteiger partial charge in [0.25, 0.3) is 6.43 Å². The van der Waals surface area contributed by atoms with Crippen LogP contribution in [0.5, 0.6) is 0 Å². The molecule has 0 radical (unpaired) electrons. The van der Waals surface area contributed by atoms with Gasteiger partial charge in [-0.05, 0) is 14.1 Å². The smallest absolute Gasteiger partial charge is 0.277 e. The van der Waals surface area contributed by atoms with Gasteiger partial charge in [0.15, 0.2) is 6.23 Å². The summed E-state index contributed by atoms with van der Waals surface area (Å²) in [5.41, 5.74) is 0. The molecule has 0 aliphatic heterocycles. The standard InChI is InChI=1S/C4H9F2NO/c1-7(2)4(8)3(5)6/h3-4,8H,1-2H3/t4-/m1/s1. The molecule has 0 amide bonds. The van der Waals surface area contributed by atoms with Crippen LogP contribution in [0.15, 0.2) is 0 Å². The van der Waals surface area contributed by atoms with Crippen molar-refractivity contribution in [1.82, 2.24) is 4.90 Å². The number of alkyl halides is 2. The van der Waals surface area contributed by atoms with Gasteiger partial charge in [-0.15, -0.1) is 0 Å². The Hall–Kier alpha value is -0.220. The third-order valence-corrected chi connectivity index (χ3v) is 0.754. The molecule has 0 unspecified atom stereocenters. The van der Waals surface area contributed by atoms with Crippen molar-refractivity contribution in [2.75, 3.05) is 14.1 Å². The Morgan fingerprint density at radius 2 is 1.75 bits per heavy atom. The van der Waals surface area contributed by atoms with Gasteiger partial charge in [0.1, 0.15) is 0 Å². The van der Waals surface area contributed by atoms with E-state index < -0.39 is 12.7 Å². The third-order valence-electron chi connectivity index (χ3n) is 0.754. The summed E-state index contributed by atoms with van der Waals surface area (Å²) < 4.78 is 22.8. The molecule has 0 fully saturated rings. The first-order valence-electron chi connectivity index (χ1n) is 2.18. The van der Waals surface area contributed by atoms with Crippen molar-refractivity contribution in [1.29, 1.82) is 0 Å². The van der Waals surface area contributed by atoms with Crippen molar-refractivity contribution < 1.29 is 13.9 Å². The molecular weight excluding hydrogens is 116 g/mol. The van der Waals surface area contributed by atoms with Gasteiger partial charge in [0, 0.05) is 0 Å². The lowest BCUT2D eigenvalue weighted by molar-refractivity contribution is -0.0805. The fourth-order valence-electron chi connectivity index (χ4n) is 0.225. The molecule has 0 aromatic carbocycles. The molecule has 2 nitrogen and oxygen atoms in total. The first-order valence-corrected chi connectivity index (χ1v) is 2.18. The normalized spacial score (nSPS) is 15.4. The number of aliphatic hydroxyl groups excluding tert-OH is 1. The Labute approximate surface area is 46.7 Å². The van der Waals surface area contributed by atoms with Crippen LogP contribution in [0.25, 0.3) is 0 Å². The Kier molecular flexibility index (Phi) is 2.86. The van der Waals surface area contributed by atoms with Crippen molar-refractivity contribution in [3.63, 3.8) is 0 Å². The van der Waals surface area contributed by atoms with Crippen LogP contribution in [0, 0.1) is 0 Å². The van der Waals surface area contributed by atoms with Crippen LogP contribution in [0.2, 0.25) is 0 Å². The molecule has 1 atom stereocenters. The Balaban J connectivity index is 3.46. The monoisotopic (exact) mass is 125 g/mol. The van der Waals surface area contributed by atoms with Gasteiger partial charge in [-0.1, -0.05) is 0 Å². The Morgan fingerprint density at radius 1 is 1.38 bits per heavy atom. The number of aliphatic hydroxyl groups is 1. The maximum atomic E-state index is 11.4. The molecule has 50 valence electrons. The van der Waals surface area contributed by atoms with Crippen molar-refractivity contribution in [2.45, 2.75) is 12.7 Å². The summed E-state index contributed by atoms with van der Waals surface area (Å²) >= 11 is 0. The average Bonchev–Trinajstić information content (AvgIpc) is 1.64. The summed E-state index contributed by atoms with van der Waals surface area (Å²) in [7, 11) is 2.77. The number of hydrogen-bond donors (Lipinski definition) is 1. The minimum Gasteiger partial charge on any atom is -0.372 e. The number of rotatable bonds is 2. The largest absolute Gasteiger partial charge is 0.372 e. The molecule has 0 aromatic heterocycles. The van der Waals surface area contributed by atoms with Crippen molar-refractivity contribution in [3.05, 3.63) is 0 Å². The highest BCUT2D eigenvalue weighted by Crippen LogP contribution is 2.01. The van der Waals surface area contributed by atoms with E-state index in [0.29, 0.717) is 0 Å². The number of nitrogens with zero attached hydrogens (tertiary/aromatic N) is 1. The number of hydrogen-bond acceptors (Lipinski definition) is 2. The quantitative estimate of drug-likeness (QED) is 0.530. The predicted molar refractivity (Wildman–Crippen MR) is 25.7 cm³/mol. The van der Waals surface area contributed by atoms with E-state index in [1.165, 1.54) is 14.1 Å². The van der Waals surface area contributed by atoms with E-state index in [2.05, 4.69) is 0 Å². The molecule has 0 saturated heterocycles. The summed E-state index contributed by atoms with van der Waals surface area (Å²) in [6.45, 7) is 0. The molecule has 0 aliphatic rings. The number of halogens is 2. The topological polar surface area (TPSA) is 23.5 Å². The van der Waals surface area contributed by atoms with E-state index >= 15 is 0 Å². The van der Waals surface area contributed by atoms with Gasteiger partial charge >= 0.3 is 0 Å². The molecule has 0 aliphatic carbocycles. The van der Waals surface area contributed by atoms with Crippen LogP contribution in [-0.4, -0.2) is 36.8 Å². The second-order valence-electron chi connectivity index (χ2n) is 1.71. The lowest BCUT2D eigenvalue weighted by Gasteiger charge is -2.16. The van der Waals surface area contributed by atoms with E-state index in [-0.39, 0.29) is 0 Å². The molecular formula is C4H9F2NO. The molecule has 0 rings (SSSR count). The van der Waals surface area contributed by atoms with Crippen LogP contribution in [0.4, 0.5) is 8.78 Å². The summed E-state index contributed by atoms with van der Waals surface area (Å²) in [5.74, 6) is 0. The van der Waals surface area contributed by atoms with Crippen LogP contribution in [-0.2, 0) is 0 Å². The van der Waals surface area contributed by atoms with Gasteiger partial charge in [-0.25, -0.2) is 8.78 Å². The molecule has 0 heterocycles. The van der Waals surface area contributed by atoms with Gasteiger partial charge in [0.05, 0.1) is 0 Å². The van der Waals surface area contributed by atoms with E-state index in [1.54, 1.807) is 0 Å². The van der Waals surface area contributed by atoms with Gasteiger partial charge in [0.2, 0.25) is 0 Å². The fourth-order valence-corrected chi connectivity index (χ4v) is 0.225. The van der Waals surface area contributed by atoms with Gasteiger partial charge < -0.3 is 5.11 Å². The average molecular weight is 125 g/mol. The molecule has 0 aromatic rings. The summed E-state index contributed by atoms with van der Waals surface area (Å²) in [6.07, 6.45) is -4.31. The molecule has 4 heteroatoms. The van der Waals surface area contributed by atoms with E-state index in [1.807, 2.05) is 0 Å². The summed E-state index contributed by atoms with van der Waals surface area (Å²) in [6, 6.07) is 0. The molecule has 0 saturated carbocycles. The summed E-state index contributed by atoms with van der Waals surface area (Å²) in [4.78, 5) is 1.05. The van der Waals surface area contributed by atoms with Crippen molar-refractivity contribution in [2.24, 2.45) is 0 Å². The maximum Gasteiger partial charge on any atom is 0.277 e. The van der Waals surface area contributed by atoms with Crippen molar-refractivity contribution >= 4 is 0 Å². The lowest BCUT2D eigenvalue weighted by atomic mass is 10.5. The lowest BCUT2D eigenvalue weighted by Crippen LogP contribution is -2.33. The van der Waals surface area contributed by atoms with Crippen LogP contribution < -0.4 is 0 Å². The van der Waals surface area contributed by atoms with Gasteiger partial charge in [-0.3, -0.25) is 4.90 Å². The molecule has 0 bridgehead atoms. The van der Waals surface area contributed by atoms with Crippen LogP contribution in [0.3, 0.4) is 0 Å². The summed E-state index contributed by atoms with van der Waals surface area (Å²) in [5, 5.41) is 8.38. The highest BCUT2D eigenvalue weighted by Gasteiger charge is 2.17. The predicted octanol–water partition coefficient (Wildman–Crippen LogP) is 0.132. The third kappa shape index (κ3) is 2.18. The first-order chi connectivity index (χ1) is 3.55. The Morgan fingerprint density at radius 3 is 1.75 bits per heavy atom. The zero-order valence-corrected chi connectivity index (χ0v) is 4.81. The second-order valence-corrected chi connectivity index (χ2v) is 1.71. The zero-order chi connectivity index (χ0) is 6.73. The van der Waals surface area contributed by atoms with E-state index in [9.17, 15) is 8.78 Å². The molecule has 8 heavy (non-hydrogen) atoms. The highest BCUT2D eigenvalue weighted by molar-refractivity contribution is 4.51. The fraction of sp³-hybridized carbons (Fsp3) is 1.00. The SMILES string of the molecule is CN(C)[C@H](O)C(F)F. The highest BCUT2D eigenvalue weighted by atomic mass is 19.3. The maximum absolute atomic E-state index is 11.4. The van der Waals surface area contributed by atoms with E-state index in [0.717, 1.165) is 4.90 Å². The molecule has 1 N–H and O–H groups in total. The minimum absolute atomic E-state index is 1.05. The van der Waals surface area contributed by atoms with Crippen molar-refractivity contribution in [3.8, 4) is 0 Å². The van der Waals surface area contributed by atoms with Gasteiger partial charge in [-0.2, -0.15) is 0 Å². The molecule has 0 spiro atoms. The van der Waals surface area contributed by atoms with Crippen LogP contribution in [0.1, 0.15) is 0 Å². The van der Waals surface area contributed by atoms with Crippen LogP contribution >= 0.6 is 0 Å². The minimum atomic E-state index is -2.68.